The number of rotatable bonds is 4. The summed E-state index contributed by atoms with van der Waals surface area (Å²) in [6, 6.07) is 8.88. The minimum atomic E-state index is -0.420. The number of nitrogens with one attached hydrogen (secondary N) is 1. The minimum absolute atomic E-state index is 0.143. The fraction of sp³-hybridized carbons (Fsp3) is 0.0526. The lowest BCUT2D eigenvalue weighted by atomic mass is 10.1. The zero-order chi connectivity index (χ0) is 19.7. The second-order valence-electron chi connectivity index (χ2n) is 5.81. The second-order valence-corrected chi connectivity index (χ2v) is 7.49. The third kappa shape index (κ3) is 3.32. The van der Waals surface area contributed by atoms with Gasteiger partial charge >= 0.3 is 0 Å². The van der Waals surface area contributed by atoms with Crippen LogP contribution in [0, 0.1) is 3.95 Å². The van der Waals surface area contributed by atoms with Gasteiger partial charge in [0.15, 0.2) is 3.95 Å². The number of carbonyl (C=O) groups excluding carboxylic acids is 1. The van der Waals surface area contributed by atoms with Crippen molar-refractivity contribution < 1.29 is 14.6 Å². The maximum atomic E-state index is 12.3. The van der Waals surface area contributed by atoms with Crippen molar-refractivity contribution in [3.63, 3.8) is 0 Å². The van der Waals surface area contributed by atoms with Gasteiger partial charge in [0.1, 0.15) is 5.75 Å². The molecular formula is C19H14N4O3S2. The maximum Gasteiger partial charge on any atom is 0.271 e. The van der Waals surface area contributed by atoms with Gasteiger partial charge < -0.3 is 9.84 Å². The molecule has 0 saturated heterocycles. The van der Waals surface area contributed by atoms with E-state index in [2.05, 4.69) is 15.4 Å². The van der Waals surface area contributed by atoms with Gasteiger partial charge in [0.25, 0.3) is 5.91 Å². The molecule has 1 aliphatic rings. The molecule has 1 amide bonds. The van der Waals surface area contributed by atoms with Gasteiger partial charge in [0.05, 0.1) is 23.2 Å². The Morgan fingerprint density at radius 2 is 2.25 bits per heavy atom. The fourth-order valence-corrected chi connectivity index (χ4v) is 3.87. The normalized spacial score (nSPS) is 13.5. The van der Waals surface area contributed by atoms with Gasteiger partial charge in [-0.05, 0) is 42.6 Å². The number of fused-ring (bicyclic) bond motifs is 1. The molecule has 1 aliphatic heterocycles. The van der Waals surface area contributed by atoms with E-state index in [4.69, 9.17) is 17.0 Å². The van der Waals surface area contributed by atoms with Gasteiger partial charge in [0, 0.05) is 35.8 Å². The molecule has 0 spiro atoms. The Kier molecular flexibility index (Phi) is 4.76. The average Bonchev–Trinajstić information content (AvgIpc) is 3.24. The molecule has 0 unspecified atom stereocenters. The summed E-state index contributed by atoms with van der Waals surface area (Å²) in [6.45, 7) is 0. The lowest BCUT2D eigenvalue weighted by molar-refractivity contribution is 0.100. The van der Waals surface area contributed by atoms with Crippen molar-refractivity contribution in [2.24, 2.45) is 4.99 Å². The van der Waals surface area contributed by atoms with Crippen LogP contribution in [0.2, 0.25) is 0 Å². The van der Waals surface area contributed by atoms with Gasteiger partial charge in [0.2, 0.25) is 5.88 Å². The van der Waals surface area contributed by atoms with Crippen LogP contribution in [0.15, 0.2) is 47.7 Å². The number of thiazole rings is 1. The quantitative estimate of drug-likeness (QED) is 0.634. The molecule has 3 aromatic rings. The topological polar surface area (TPSA) is 88.7 Å². The lowest BCUT2D eigenvalue weighted by Crippen LogP contribution is -2.22. The SMILES string of the molecule is COc1ccc2c(c1)N=C/C2=C\c1sc(=S)n(NC(=O)c2cccnc2)c1O. The van der Waals surface area contributed by atoms with E-state index in [0.29, 0.717) is 14.4 Å². The largest absolute Gasteiger partial charge is 0.497 e. The monoisotopic (exact) mass is 410 g/mol. The van der Waals surface area contributed by atoms with Gasteiger partial charge in [-0.15, -0.1) is 0 Å². The van der Waals surface area contributed by atoms with Crippen molar-refractivity contribution in [1.29, 1.82) is 0 Å². The van der Waals surface area contributed by atoms with Crippen LogP contribution >= 0.6 is 23.6 Å². The van der Waals surface area contributed by atoms with Gasteiger partial charge in [-0.25, -0.2) is 0 Å². The number of aromatic nitrogens is 2. The molecule has 0 aliphatic carbocycles. The van der Waals surface area contributed by atoms with E-state index in [9.17, 15) is 9.90 Å². The first-order valence-corrected chi connectivity index (χ1v) is 9.39. The van der Waals surface area contributed by atoms with Crippen molar-refractivity contribution in [2.75, 3.05) is 12.5 Å². The summed E-state index contributed by atoms with van der Waals surface area (Å²) < 4.78 is 6.71. The number of amides is 1. The van der Waals surface area contributed by atoms with Crippen molar-refractivity contribution >= 4 is 53.0 Å². The Labute approximate surface area is 169 Å². The number of hydrogen-bond donors (Lipinski definition) is 2. The molecule has 1 aromatic carbocycles. The van der Waals surface area contributed by atoms with Crippen LogP contribution in [0.25, 0.3) is 11.6 Å². The van der Waals surface area contributed by atoms with E-state index < -0.39 is 5.91 Å². The molecule has 0 fully saturated rings. The number of aliphatic imine (C=N–C) groups is 1. The molecule has 2 aromatic heterocycles. The Hall–Kier alpha value is -3.30. The molecular weight excluding hydrogens is 396 g/mol. The highest BCUT2D eigenvalue weighted by Gasteiger charge is 2.17. The molecule has 2 N–H and O–H groups in total. The van der Waals surface area contributed by atoms with Crippen LogP contribution < -0.4 is 10.2 Å². The number of hydrogen-bond acceptors (Lipinski definition) is 7. The number of ether oxygens (including phenoxy) is 1. The first-order valence-electron chi connectivity index (χ1n) is 8.17. The number of carbonyl (C=O) groups is 1. The first-order chi connectivity index (χ1) is 13.6. The van der Waals surface area contributed by atoms with E-state index in [1.807, 2.05) is 18.2 Å². The maximum absolute atomic E-state index is 12.3. The summed E-state index contributed by atoms with van der Waals surface area (Å²) in [6.07, 6.45) is 6.51. The summed E-state index contributed by atoms with van der Waals surface area (Å²) >= 11 is 6.47. The van der Waals surface area contributed by atoms with E-state index in [-0.39, 0.29) is 5.88 Å². The third-order valence-corrected chi connectivity index (χ3v) is 5.40. The molecule has 28 heavy (non-hydrogen) atoms. The number of benzene rings is 1. The first kappa shape index (κ1) is 18.1. The Balaban J connectivity index is 1.64. The Morgan fingerprint density at radius 1 is 1.39 bits per heavy atom. The minimum Gasteiger partial charge on any atom is -0.497 e. The summed E-state index contributed by atoms with van der Waals surface area (Å²) in [5.41, 5.74) is 5.49. The number of methoxy groups -OCH3 is 1. The van der Waals surface area contributed by atoms with Crippen molar-refractivity contribution in [2.45, 2.75) is 0 Å². The molecule has 9 heteroatoms. The van der Waals surface area contributed by atoms with Crippen LogP contribution in [0.3, 0.4) is 0 Å². The number of nitrogens with zero attached hydrogens (tertiary/aromatic N) is 3. The zero-order valence-electron chi connectivity index (χ0n) is 14.6. The Bertz CT molecular complexity index is 1180. The van der Waals surface area contributed by atoms with Crippen molar-refractivity contribution in [3.05, 3.63) is 62.7 Å². The highest BCUT2D eigenvalue weighted by molar-refractivity contribution is 7.73. The highest BCUT2D eigenvalue weighted by Crippen LogP contribution is 2.37. The van der Waals surface area contributed by atoms with Crippen LogP contribution in [0.5, 0.6) is 11.6 Å². The molecule has 3 heterocycles. The highest BCUT2D eigenvalue weighted by atomic mass is 32.1. The summed E-state index contributed by atoms with van der Waals surface area (Å²) in [5.74, 6) is 0.159. The summed E-state index contributed by atoms with van der Waals surface area (Å²) in [5, 5.41) is 10.6. The van der Waals surface area contributed by atoms with E-state index in [1.54, 1.807) is 37.7 Å². The predicted octanol–water partition coefficient (Wildman–Crippen LogP) is 4.03. The van der Waals surface area contributed by atoms with E-state index in [1.165, 1.54) is 22.2 Å². The Morgan fingerprint density at radius 3 is 3.00 bits per heavy atom. The number of allylic oxidation sites excluding steroid dienone is 1. The standard InChI is InChI=1S/C19H14N4O3S2/c1-26-13-4-5-14-12(10-21-15(14)8-13)7-16-18(25)23(19(27)28-16)22-17(24)11-3-2-6-20-9-11/h2-10,25H,1H3,(H,22,24)/b12-7+. The van der Waals surface area contributed by atoms with Crippen LogP contribution in [0.4, 0.5) is 5.69 Å². The van der Waals surface area contributed by atoms with Crippen LogP contribution in [-0.4, -0.2) is 34.0 Å². The predicted molar refractivity (Wildman–Crippen MR) is 112 cm³/mol. The molecule has 4 rings (SSSR count). The molecule has 7 nitrogen and oxygen atoms in total. The number of pyridine rings is 1. The van der Waals surface area contributed by atoms with E-state index in [0.717, 1.165) is 22.6 Å². The van der Waals surface area contributed by atoms with E-state index >= 15 is 0 Å². The molecule has 140 valence electrons. The molecule has 0 bridgehead atoms. The van der Waals surface area contributed by atoms with Gasteiger partial charge in [-0.2, -0.15) is 4.68 Å². The number of aromatic hydroxyl groups is 1. The van der Waals surface area contributed by atoms with Gasteiger partial charge in [-0.1, -0.05) is 11.3 Å². The third-order valence-electron chi connectivity index (χ3n) is 4.09. The van der Waals surface area contributed by atoms with Crippen molar-refractivity contribution in [3.8, 4) is 11.6 Å². The van der Waals surface area contributed by atoms with Crippen LogP contribution in [0.1, 0.15) is 20.8 Å². The lowest BCUT2D eigenvalue weighted by Gasteiger charge is -2.07. The fourth-order valence-electron chi connectivity index (χ4n) is 2.69. The average molecular weight is 410 g/mol. The van der Waals surface area contributed by atoms with Crippen molar-refractivity contribution in [1.82, 2.24) is 9.66 Å². The smallest absolute Gasteiger partial charge is 0.271 e. The molecule has 0 radical (unpaired) electrons. The van der Waals surface area contributed by atoms with Gasteiger partial charge in [-0.3, -0.25) is 20.2 Å². The summed E-state index contributed by atoms with van der Waals surface area (Å²) in [7, 11) is 1.60. The molecule has 0 saturated carbocycles. The second kappa shape index (κ2) is 7.37. The zero-order valence-corrected chi connectivity index (χ0v) is 16.3. The summed E-state index contributed by atoms with van der Waals surface area (Å²) in [4.78, 5) is 21.1. The molecule has 0 atom stereocenters. The van der Waals surface area contributed by atoms with Crippen LogP contribution in [-0.2, 0) is 0 Å².